The third-order valence-corrected chi connectivity index (χ3v) is 8.47. The van der Waals surface area contributed by atoms with E-state index in [1.54, 1.807) is 0 Å². The zero-order chi connectivity index (χ0) is 29.8. The molecule has 1 aliphatic rings. The highest BCUT2D eigenvalue weighted by Gasteiger charge is 2.42. The fraction of sp³-hybridized carbons (Fsp3) is 0.216. The summed E-state index contributed by atoms with van der Waals surface area (Å²) >= 11 is 0. The van der Waals surface area contributed by atoms with Gasteiger partial charge in [0.15, 0.2) is 11.6 Å². The number of pyridine rings is 1. The fourth-order valence-electron chi connectivity index (χ4n) is 6.35. The Kier molecular flexibility index (Phi) is 6.65. The van der Waals surface area contributed by atoms with Crippen LogP contribution in [-0.4, -0.2) is 16.7 Å². The van der Waals surface area contributed by atoms with Gasteiger partial charge in [-0.25, -0.2) is 9.97 Å². The lowest BCUT2D eigenvalue weighted by Crippen LogP contribution is -2.57. The molecule has 0 aliphatic carbocycles. The van der Waals surface area contributed by atoms with Crippen molar-refractivity contribution in [2.24, 2.45) is 7.05 Å². The minimum absolute atomic E-state index is 0.172. The molecule has 0 atom stereocenters. The summed E-state index contributed by atoms with van der Waals surface area (Å²) in [5.74, 6) is 2.71. The van der Waals surface area contributed by atoms with Crippen LogP contribution in [-0.2, 0) is 7.05 Å². The number of rotatable bonds is 5. The van der Waals surface area contributed by atoms with Gasteiger partial charge < -0.3 is 9.15 Å². The fourth-order valence-corrected chi connectivity index (χ4v) is 6.35. The van der Waals surface area contributed by atoms with Gasteiger partial charge in [0.2, 0.25) is 17.5 Å². The Bertz CT molecular complexity index is 1970. The third kappa shape index (κ3) is 4.53. The van der Waals surface area contributed by atoms with Gasteiger partial charge in [-0.1, -0.05) is 94.4 Å². The van der Waals surface area contributed by atoms with Crippen LogP contribution >= 0.6 is 0 Å². The van der Waals surface area contributed by atoms with Crippen molar-refractivity contribution in [3.05, 3.63) is 108 Å². The van der Waals surface area contributed by atoms with Gasteiger partial charge in [-0.3, -0.25) is 0 Å². The Balaban J connectivity index is 1.52. The maximum absolute atomic E-state index is 6.80. The largest absolute Gasteiger partial charge is 0.460 e. The number of aromatic nitrogens is 3. The van der Waals surface area contributed by atoms with E-state index in [2.05, 4.69) is 113 Å². The van der Waals surface area contributed by atoms with Gasteiger partial charge in [0, 0.05) is 28.6 Å². The smallest absolute Gasteiger partial charge is 0.300 e. The van der Waals surface area contributed by atoms with Crippen LogP contribution in [0.25, 0.3) is 33.6 Å². The molecule has 0 spiro atoms. The SMILES string of the molecule is Cc1ccccc1-c1cc2c3c(oc2c[n+]1C)B(c1c(C(C)C)nc(-c2ccccc2)nc1C(C)C)c1ccccc1O3. The van der Waals surface area contributed by atoms with Gasteiger partial charge >= 0.3 is 6.71 Å². The van der Waals surface area contributed by atoms with Crippen LogP contribution in [0.5, 0.6) is 11.5 Å². The average molecular weight is 565 g/mol. The van der Waals surface area contributed by atoms with Gasteiger partial charge in [0.1, 0.15) is 18.5 Å². The van der Waals surface area contributed by atoms with Gasteiger partial charge in [-0.2, -0.15) is 4.57 Å². The van der Waals surface area contributed by atoms with Crippen molar-refractivity contribution in [3.8, 4) is 34.1 Å². The zero-order valence-corrected chi connectivity index (χ0v) is 25.6. The van der Waals surface area contributed by atoms with Gasteiger partial charge in [-0.05, 0) is 47.4 Å². The van der Waals surface area contributed by atoms with E-state index < -0.39 is 0 Å². The molecule has 212 valence electrons. The van der Waals surface area contributed by atoms with Crippen LogP contribution in [0.4, 0.5) is 0 Å². The Morgan fingerprint density at radius 1 is 0.791 bits per heavy atom. The second kappa shape index (κ2) is 10.5. The number of benzene rings is 3. The normalized spacial score (nSPS) is 12.5. The number of hydrogen-bond donors (Lipinski definition) is 0. The number of fused-ring (bicyclic) bond motifs is 4. The van der Waals surface area contributed by atoms with E-state index in [9.17, 15) is 0 Å². The molecule has 1 aliphatic heterocycles. The highest BCUT2D eigenvalue weighted by atomic mass is 16.5. The third-order valence-electron chi connectivity index (χ3n) is 8.47. The van der Waals surface area contributed by atoms with Crippen molar-refractivity contribution < 1.29 is 13.7 Å². The molecule has 5 nitrogen and oxygen atoms in total. The number of furan rings is 1. The first-order valence-electron chi connectivity index (χ1n) is 15.1. The Morgan fingerprint density at radius 3 is 2.14 bits per heavy atom. The molecule has 0 unspecified atom stereocenters. The zero-order valence-electron chi connectivity index (χ0n) is 25.6. The van der Waals surface area contributed by atoms with Crippen molar-refractivity contribution in [1.82, 2.24) is 9.97 Å². The topological polar surface area (TPSA) is 52.0 Å². The summed E-state index contributed by atoms with van der Waals surface area (Å²) in [6, 6.07) is 29.2. The first-order valence-corrected chi connectivity index (χ1v) is 15.1. The molecule has 0 amide bonds. The maximum Gasteiger partial charge on any atom is 0.300 e. The Labute approximate surface area is 253 Å². The lowest BCUT2D eigenvalue weighted by Gasteiger charge is -2.28. The highest BCUT2D eigenvalue weighted by molar-refractivity contribution is 6.96. The van der Waals surface area contributed by atoms with E-state index in [1.165, 1.54) is 11.1 Å². The summed E-state index contributed by atoms with van der Waals surface area (Å²) in [6.45, 7) is 10.8. The van der Waals surface area contributed by atoms with Gasteiger partial charge in [0.25, 0.3) is 0 Å². The van der Waals surface area contributed by atoms with E-state index >= 15 is 0 Å². The minimum Gasteiger partial charge on any atom is -0.460 e. The van der Waals surface area contributed by atoms with Crippen LogP contribution < -0.4 is 25.9 Å². The monoisotopic (exact) mass is 564 g/mol. The highest BCUT2D eigenvalue weighted by Crippen LogP contribution is 2.36. The van der Waals surface area contributed by atoms with Gasteiger partial charge in [0.05, 0.1) is 5.39 Å². The molecule has 0 saturated heterocycles. The molecule has 3 aromatic heterocycles. The molecule has 0 radical (unpaired) electrons. The second-order valence-electron chi connectivity index (χ2n) is 12.1. The number of ether oxygens (including phenoxy) is 1. The Hall–Kier alpha value is -4.71. The summed E-state index contributed by atoms with van der Waals surface area (Å²) in [7, 11) is 2.07. The van der Waals surface area contributed by atoms with Crippen LogP contribution in [0.2, 0.25) is 0 Å². The van der Waals surface area contributed by atoms with Crippen molar-refractivity contribution in [2.45, 2.75) is 46.5 Å². The summed E-state index contributed by atoms with van der Waals surface area (Å²) < 4.78 is 15.6. The average Bonchev–Trinajstić information content (AvgIpc) is 3.36. The van der Waals surface area contributed by atoms with Crippen molar-refractivity contribution in [2.75, 3.05) is 0 Å². The molecule has 0 N–H and O–H groups in total. The van der Waals surface area contributed by atoms with Crippen LogP contribution in [0, 0.1) is 6.92 Å². The molecule has 0 saturated carbocycles. The molecule has 0 fully saturated rings. The lowest BCUT2D eigenvalue weighted by molar-refractivity contribution is -0.659. The molecule has 6 aromatic rings. The molecule has 3 aromatic carbocycles. The van der Waals surface area contributed by atoms with Crippen LogP contribution in [0.1, 0.15) is 56.5 Å². The summed E-state index contributed by atoms with van der Waals surface area (Å²) in [4.78, 5) is 10.5. The van der Waals surface area contributed by atoms with Gasteiger partial charge in [-0.15, -0.1) is 0 Å². The second-order valence-corrected chi connectivity index (χ2v) is 12.1. The van der Waals surface area contributed by atoms with E-state index in [1.807, 2.05) is 24.3 Å². The molecule has 6 heteroatoms. The van der Waals surface area contributed by atoms with Crippen molar-refractivity contribution >= 4 is 34.3 Å². The Morgan fingerprint density at radius 2 is 1.44 bits per heavy atom. The lowest BCUT2D eigenvalue weighted by atomic mass is 9.36. The minimum atomic E-state index is -0.209. The molecular weight excluding hydrogens is 529 g/mol. The summed E-state index contributed by atoms with van der Waals surface area (Å²) in [5, 5.41) is 0.963. The van der Waals surface area contributed by atoms with Crippen molar-refractivity contribution in [1.29, 1.82) is 0 Å². The predicted octanol–water partition coefficient (Wildman–Crippen LogP) is 6.56. The molecule has 4 heterocycles. The predicted molar refractivity (Wildman–Crippen MR) is 174 cm³/mol. The molecular formula is C37H35BN3O2+. The summed E-state index contributed by atoms with van der Waals surface area (Å²) in [6.07, 6.45) is 2.07. The number of aryl methyl sites for hydroxylation is 2. The molecule has 43 heavy (non-hydrogen) atoms. The maximum atomic E-state index is 6.80. The van der Waals surface area contributed by atoms with Crippen LogP contribution in [0.3, 0.4) is 0 Å². The van der Waals surface area contributed by atoms with Crippen LogP contribution in [0.15, 0.2) is 95.5 Å². The first kappa shape index (κ1) is 27.1. The number of hydrogen-bond acceptors (Lipinski definition) is 4. The van der Waals surface area contributed by atoms with Crippen molar-refractivity contribution in [3.63, 3.8) is 0 Å². The number of nitrogens with zero attached hydrogens (tertiary/aromatic N) is 3. The molecule has 7 rings (SSSR count). The van der Waals surface area contributed by atoms with E-state index in [-0.39, 0.29) is 18.5 Å². The standard InChI is InChI=1S/C37H35BN3O2/c1-22(2)33-32(34(23(3)4)40-37(39-33)25-15-8-7-9-16-25)38-28-18-12-13-19-30(28)42-35-27-20-29(26-17-11-10-14-24(26)5)41(6)21-31(27)43-36(35)38/h7-23H,1-6H3/q+1. The quantitative estimate of drug-likeness (QED) is 0.176. The van der Waals surface area contributed by atoms with E-state index in [0.29, 0.717) is 0 Å². The molecule has 0 bridgehead atoms. The van der Waals surface area contributed by atoms with E-state index in [4.69, 9.17) is 19.1 Å². The summed E-state index contributed by atoms with van der Waals surface area (Å²) in [5.41, 5.74) is 10.4. The van der Waals surface area contributed by atoms with E-state index in [0.717, 1.165) is 67.5 Å². The first-order chi connectivity index (χ1) is 20.8. The number of para-hydroxylation sites is 1.